The predicted molar refractivity (Wildman–Crippen MR) is 73.1 cm³/mol. The van der Waals surface area contributed by atoms with Gasteiger partial charge in [0.2, 0.25) is 0 Å². The van der Waals surface area contributed by atoms with E-state index in [9.17, 15) is 13.2 Å². The van der Waals surface area contributed by atoms with Crippen molar-refractivity contribution >= 4 is 27.1 Å². The van der Waals surface area contributed by atoms with E-state index >= 15 is 0 Å². The van der Waals surface area contributed by atoms with Crippen LogP contribution in [-0.2, 0) is 15.6 Å². The van der Waals surface area contributed by atoms with Crippen LogP contribution in [0.3, 0.4) is 0 Å². The van der Waals surface area contributed by atoms with Crippen molar-refractivity contribution in [3.05, 3.63) is 40.2 Å². The number of carbonyl (C=O) groups is 1. The molecule has 0 amide bonds. The normalized spacial score (nSPS) is 11.4. The van der Waals surface area contributed by atoms with Gasteiger partial charge in [-0.2, -0.15) is 0 Å². The van der Waals surface area contributed by atoms with E-state index in [2.05, 4.69) is 4.98 Å². The summed E-state index contributed by atoms with van der Waals surface area (Å²) in [6, 6.07) is 6.30. The molecule has 0 saturated heterocycles. The Morgan fingerprint density at radius 3 is 2.47 bits per heavy atom. The van der Waals surface area contributed by atoms with Crippen LogP contribution in [0.4, 0.5) is 0 Å². The molecule has 0 fully saturated rings. The highest BCUT2D eigenvalue weighted by Gasteiger charge is 2.10. The maximum Gasteiger partial charge on any atom is 0.335 e. The molecule has 0 radical (unpaired) electrons. The molecular weight excluding hydrogens is 286 g/mol. The van der Waals surface area contributed by atoms with Gasteiger partial charge in [-0.3, -0.25) is 0 Å². The third kappa shape index (κ3) is 3.62. The first-order chi connectivity index (χ1) is 8.85. The summed E-state index contributed by atoms with van der Waals surface area (Å²) in [6.45, 7) is 0. The molecule has 1 heterocycles. The summed E-state index contributed by atoms with van der Waals surface area (Å²) in [7, 11) is -3.09. The molecule has 0 spiro atoms. The number of thiazole rings is 1. The monoisotopic (exact) mass is 297 g/mol. The Morgan fingerprint density at radius 2 is 1.95 bits per heavy atom. The van der Waals surface area contributed by atoms with Crippen LogP contribution in [0.15, 0.2) is 29.6 Å². The number of carboxylic acids is 1. The van der Waals surface area contributed by atoms with Crippen LogP contribution in [-0.4, -0.2) is 30.7 Å². The van der Waals surface area contributed by atoms with Crippen molar-refractivity contribution in [1.29, 1.82) is 0 Å². The summed E-state index contributed by atoms with van der Waals surface area (Å²) < 4.78 is 22.3. The van der Waals surface area contributed by atoms with E-state index in [0.717, 1.165) is 11.8 Å². The van der Waals surface area contributed by atoms with Gasteiger partial charge in [-0.05, 0) is 12.1 Å². The molecule has 2 rings (SSSR count). The van der Waals surface area contributed by atoms with Gasteiger partial charge in [-0.1, -0.05) is 12.1 Å². The van der Waals surface area contributed by atoms with Crippen LogP contribution in [0.1, 0.15) is 15.4 Å². The molecule has 0 bridgehead atoms. The second-order valence-electron chi connectivity index (χ2n) is 4.08. The van der Waals surface area contributed by atoms with Crippen molar-refractivity contribution in [3.8, 4) is 11.3 Å². The van der Waals surface area contributed by atoms with Crippen molar-refractivity contribution in [2.24, 2.45) is 0 Å². The van der Waals surface area contributed by atoms with E-state index in [4.69, 9.17) is 5.11 Å². The Labute approximate surface area is 114 Å². The number of rotatable bonds is 4. The van der Waals surface area contributed by atoms with Gasteiger partial charge in [0.15, 0.2) is 9.84 Å². The molecule has 100 valence electrons. The quantitative estimate of drug-likeness (QED) is 0.933. The summed E-state index contributed by atoms with van der Waals surface area (Å²) in [6.07, 6.45) is 1.16. The smallest absolute Gasteiger partial charge is 0.335 e. The topological polar surface area (TPSA) is 84.3 Å². The molecule has 1 N–H and O–H groups in total. The third-order valence-electron chi connectivity index (χ3n) is 2.37. The van der Waals surface area contributed by atoms with Gasteiger partial charge < -0.3 is 5.11 Å². The zero-order valence-electron chi connectivity index (χ0n) is 10.0. The fourth-order valence-electron chi connectivity index (χ4n) is 1.52. The van der Waals surface area contributed by atoms with E-state index in [-0.39, 0.29) is 11.3 Å². The molecule has 1 aromatic carbocycles. The molecule has 5 nitrogen and oxygen atoms in total. The fourth-order valence-corrected chi connectivity index (χ4v) is 3.53. The number of aromatic nitrogens is 1. The van der Waals surface area contributed by atoms with Gasteiger partial charge in [0, 0.05) is 17.2 Å². The first-order valence-corrected chi connectivity index (χ1v) is 8.25. The number of hydrogen-bond acceptors (Lipinski definition) is 5. The number of nitrogens with zero attached hydrogens (tertiary/aromatic N) is 1. The summed E-state index contributed by atoms with van der Waals surface area (Å²) in [5.74, 6) is -1.06. The standard InChI is InChI=1S/C12H11NO4S2/c1-19(16,17)7-11-13-10(6-18-11)8-2-4-9(5-3-8)12(14)15/h2-6H,7H2,1H3,(H,14,15). The molecule has 0 unspecified atom stereocenters. The van der Waals surface area contributed by atoms with Crippen LogP contribution < -0.4 is 0 Å². The van der Waals surface area contributed by atoms with Gasteiger partial charge in [0.05, 0.1) is 11.3 Å². The minimum atomic E-state index is -3.09. The molecule has 0 aliphatic carbocycles. The zero-order chi connectivity index (χ0) is 14.0. The van der Waals surface area contributed by atoms with E-state index in [0.29, 0.717) is 10.7 Å². The summed E-state index contributed by atoms with van der Waals surface area (Å²) in [5, 5.41) is 11.1. The van der Waals surface area contributed by atoms with Crippen LogP contribution in [0.2, 0.25) is 0 Å². The molecule has 0 atom stereocenters. The van der Waals surface area contributed by atoms with Crippen molar-refractivity contribution < 1.29 is 18.3 Å². The van der Waals surface area contributed by atoms with E-state index in [1.54, 1.807) is 17.5 Å². The average Bonchev–Trinajstić information content (AvgIpc) is 2.75. The van der Waals surface area contributed by atoms with Crippen LogP contribution in [0, 0.1) is 0 Å². The average molecular weight is 297 g/mol. The molecule has 0 saturated carbocycles. The van der Waals surface area contributed by atoms with Crippen molar-refractivity contribution in [1.82, 2.24) is 4.98 Å². The van der Waals surface area contributed by atoms with Crippen LogP contribution in [0.5, 0.6) is 0 Å². The Kier molecular flexibility index (Phi) is 3.68. The Bertz CT molecular complexity index is 702. The summed E-state index contributed by atoms with van der Waals surface area (Å²) in [5.41, 5.74) is 1.62. The van der Waals surface area contributed by atoms with Gasteiger partial charge in [-0.15, -0.1) is 11.3 Å². The van der Waals surface area contributed by atoms with Gasteiger partial charge in [0.25, 0.3) is 0 Å². The minimum Gasteiger partial charge on any atom is -0.478 e. The molecule has 0 aliphatic rings. The molecule has 19 heavy (non-hydrogen) atoms. The van der Waals surface area contributed by atoms with E-state index in [1.165, 1.54) is 23.5 Å². The van der Waals surface area contributed by atoms with Crippen LogP contribution in [0.25, 0.3) is 11.3 Å². The first-order valence-electron chi connectivity index (χ1n) is 5.31. The highest BCUT2D eigenvalue weighted by Crippen LogP contribution is 2.23. The molecule has 1 aromatic heterocycles. The molecule has 7 heteroatoms. The second kappa shape index (κ2) is 5.10. The third-order valence-corrected chi connectivity index (χ3v) is 4.19. The maximum atomic E-state index is 11.2. The largest absolute Gasteiger partial charge is 0.478 e. The lowest BCUT2D eigenvalue weighted by Crippen LogP contribution is -2.00. The minimum absolute atomic E-state index is 0.0785. The lowest BCUT2D eigenvalue weighted by atomic mass is 10.1. The van der Waals surface area contributed by atoms with Gasteiger partial charge in [0.1, 0.15) is 10.8 Å². The highest BCUT2D eigenvalue weighted by molar-refractivity contribution is 7.90. The number of hydrogen-bond donors (Lipinski definition) is 1. The lowest BCUT2D eigenvalue weighted by Gasteiger charge is -1.98. The highest BCUT2D eigenvalue weighted by atomic mass is 32.2. The van der Waals surface area contributed by atoms with Crippen molar-refractivity contribution in [2.45, 2.75) is 5.75 Å². The lowest BCUT2D eigenvalue weighted by molar-refractivity contribution is 0.0697. The Morgan fingerprint density at radius 1 is 1.32 bits per heavy atom. The summed E-state index contributed by atoms with van der Waals surface area (Å²) in [4.78, 5) is 15.0. The molecular formula is C12H11NO4S2. The number of benzene rings is 1. The Hall–Kier alpha value is -1.73. The SMILES string of the molecule is CS(=O)(=O)Cc1nc(-c2ccc(C(=O)O)cc2)cs1. The Balaban J connectivity index is 2.25. The van der Waals surface area contributed by atoms with Gasteiger partial charge >= 0.3 is 5.97 Å². The maximum absolute atomic E-state index is 11.2. The van der Waals surface area contributed by atoms with E-state index < -0.39 is 15.8 Å². The van der Waals surface area contributed by atoms with E-state index in [1.807, 2.05) is 0 Å². The van der Waals surface area contributed by atoms with Crippen molar-refractivity contribution in [3.63, 3.8) is 0 Å². The fraction of sp³-hybridized carbons (Fsp3) is 0.167. The van der Waals surface area contributed by atoms with Crippen LogP contribution >= 0.6 is 11.3 Å². The molecule has 2 aromatic rings. The first kappa shape index (κ1) is 13.7. The van der Waals surface area contributed by atoms with Gasteiger partial charge in [-0.25, -0.2) is 18.2 Å². The number of sulfone groups is 1. The second-order valence-corrected chi connectivity index (χ2v) is 7.16. The molecule has 0 aliphatic heterocycles. The number of carboxylic acid groups (broad SMARTS) is 1. The van der Waals surface area contributed by atoms with Crippen molar-refractivity contribution in [2.75, 3.05) is 6.26 Å². The zero-order valence-corrected chi connectivity index (χ0v) is 11.7. The summed E-state index contributed by atoms with van der Waals surface area (Å²) >= 11 is 1.28. The predicted octanol–water partition coefficient (Wildman–Crippen LogP) is 2.05. The number of aromatic carboxylic acids is 1.